The van der Waals surface area contributed by atoms with Gasteiger partial charge in [0.2, 0.25) is 0 Å². The van der Waals surface area contributed by atoms with Gasteiger partial charge in [-0.1, -0.05) is 72.8 Å². The molecule has 28 heavy (non-hydrogen) atoms. The standard InChI is InChI=1S/C24H24O4/c25-15-22-12-7-13-23(14-22)28-19-24(27-17-21-10-5-2-6-11-21)18-26-16-20-8-3-1-4-9-20/h1-15,24H,16-19H2/t24-/m1/s1. The van der Waals surface area contributed by atoms with Gasteiger partial charge in [-0.3, -0.25) is 4.79 Å². The van der Waals surface area contributed by atoms with Crippen molar-refractivity contribution in [3.8, 4) is 5.75 Å². The zero-order valence-corrected chi connectivity index (χ0v) is 15.7. The van der Waals surface area contributed by atoms with Gasteiger partial charge in [-0.25, -0.2) is 0 Å². The van der Waals surface area contributed by atoms with Crippen molar-refractivity contribution in [3.05, 3.63) is 102 Å². The van der Waals surface area contributed by atoms with Gasteiger partial charge in [0, 0.05) is 5.56 Å². The number of hydrogen-bond donors (Lipinski definition) is 0. The van der Waals surface area contributed by atoms with Crippen molar-refractivity contribution in [1.82, 2.24) is 0 Å². The van der Waals surface area contributed by atoms with Gasteiger partial charge >= 0.3 is 0 Å². The second-order valence-electron chi connectivity index (χ2n) is 6.42. The maximum atomic E-state index is 10.9. The van der Waals surface area contributed by atoms with Crippen molar-refractivity contribution < 1.29 is 19.0 Å². The molecule has 0 N–H and O–H groups in total. The summed E-state index contributed by atoms with van der Waals surface area (Å²) in [6.45, 7) is 1.75. The van der Waals surface area contributed by atoms with Crippen LogP contribution in [0.25, 0.3) is 0 Å². The van der Waals surface area contributed by atoms with Crippen LogP contribution >= 0.6 is 0 Å². The second-order valence-corrected chi connectivity index (χ2v) is 6.42. The average Bonchev–Trinajstić information content (AvgIpc) is 2.77. The molecule has 0 radical (unpaired) electrons. The molecule has 0 bridgehead atoms. The van der Waals surface area contributed by atoms with Crippen LogP contribution < -0.4 is 4.74 Å². The number of carbonyl (C=O) groups excluding carboxylic acids is 1. The summed E-state index contributed by atoms with van der Waals surface area (Å²) in [6, 6.07) is 27.1. The van der Waals surface area contributed by atoms with Crippen molar-refractivity contribution in [2.75, 3.05) is 13.2 Å². The molecule has 0 fully saturated rings. The minimum Gasteiger partial charge on any atom is -0.491 e. The fourth-order valence-corrected chi connectivity index (χ4v) is 2.68. The second kappa shape index (κ2) is 11.0. The number of benzene rings is 3. The first-order valence-electron chi connectivity index (χ1n) is 9.29. The van der Waals surface area contributed by atoms with Crippen molar-refractivity contribution in [1.29, 1.82) is 0 Å². The molecule has 3 rings (SSSR count). The number of carbonyl (C=O) groups is 1. The number of ether oxygens (including phenoxy) is 3. The largest absolute Gasteiger partial charge is 0.491 e. The molecule has 0 aliphatic heterocycles. The van der Waals surface area contributed by atoms with E-state index in [0.717, 1.165) is 17.4 Å². The van der Waals surface area contributed by atoms with Crippen LogP contribution in [0.1, 0.15) is 21.5 Å². The molecular weight excluding hydrogens is 352 g/mol. The average molecular weight is 376 g/mol. The number of hydrogen-bond acceptors (Lipinski definition) is 4. The summed E-state index contributed by atoms with van der Waals surface area (Å²) in [5, 5.41) is 0. The summed E-state index contributed by atoms with van der Waals surface area (Å²) in [4.78, 5) is 10.9. The van der Waals surface area contributed by atoms with Gasteiger partial charge in [0.05, 0.1) is 19.8 Å². The van der Waals surface area contributed by atoms with E-state index in [4.69, 9.17) is 14.2 Å². The molecule has 0 saturated carbocycles. The lowest BCUT2D eigenvalue weighted by Crippen LogP contribution is -2.27. The van der Waals surface area contributed by atoms with E-state index in [1.807, 2.05) is 66.7 Å². The fourth-order valence-electron chi connectivity index (χ4n) is 2.68. The highest BCUT2D eigenvalue weighted by Crippen LogP contribution is 2.14. The summed E-state index contributed by atoms with van der Waals surface area (Å²) < 4.78 is 17.7. The zero-order chi connectivity index (χ0) is 19.4. The van der Waals surface area contributed by atoms with Gasteiger partial charge in [-0.05, 0) is 23.3 Å². The van der Waals surface area contributed by atoms with Gasteiger partial charge in [0.1, 0.15) is 24.7 Å². The Kier molecular flexibility index (Phi) is 7.79. The highest BCUT2D eigenvalue weighted by atomic mass is 16.6. The lowest BCUT2D eigenvalue weighted by atomic mass is 10.2. The molecule has 4 nitrogen and oxygen atoms in total. The third-order valence-electron chi connectivity index (χ3n) is 4.17. The third kappa shape index (κ3) is 6.65. The van der Waals surface area contributed by atoms with Crippen LogP contribution in [0, 0.1) is 0 Å². The van der Waals surface area contributed by atoms with Crippen molar-refractivity contribution >= 4 is 6.29 Å². The lowest BCUT2D eigenvalue weighted by molar-refractivity contribution is -0.0489. The number of aldehydes is 1. The van der Waals surface area contributed by atoms with Crippen LogP contribution in [-0.4, -0.2) is 25.6 Å². The molecule has 1 atom stereocenters. The van der Waals surface area contributed by atoms with E-state index in [2.05, 4.69) is 0 Å². The van der Waals surface area contributed by atoms with Crippen molar-refractivity contribution in [2.24, 2.45) is 0 Å². The Balaban J connectivity index is 1.55. The van der Waals surface area contributed by atoms with E-state index >= 15 is 0 Å². The molecule has 0 aromatic heterocycles. The van der Waals surface area contributed by atoms with Gasteiger partial charge < -0.3 is 14.2 Å². The molecular formula is C24H24O4. The summed E-state index contributed by atoms with van der Waals surface area (Å²) in [6.07, 6.45) is 0.572. The smallest absolute Gasteiger partial charge is 0.150 e. The predicted octanol–water partition coefficient (Wildman–Crippen LogP) is 4.68. The van der Waals surface area contributed by atoms with Crippen LogP contribution in [0.4, 0.5) is 0 Å². The third-order valence-corrected chi connectivity index (χ3v) is 4.17. The maximum Gasteiger partial charge on any atom is 0.150 e. The fraction of sp³-hybridized carbons (Fsp3) is 0.208. The monoisotopic (exact) mass is 376 g/mol. The molecule has 4 heteroatoms. The Labute approximate surface area is 165 Å². The van der Waals surface area contributed by atoms with E-state index in [-0.39, 0.29) is 6.10 Å². The Bertz CT molecular complexity index is 833. The molecule has 0 heterocycles. The van der Waals surface area contributed by atoms with Crippen LogP contribution in [0.2, 0.25) is 0 Å². The lowest BCUT2D eigenvalue weighted by Gasteiger charge is -2.19. The molecule has 0 spiro atoms. The quantitative estimate of drug-likeness (QED) is 0.456. The van der Waals surface area contributed by atoms with Crippen molar-refractivity contribution in [2.45, 2.75) is 19.3 Å². The van der Waals surface area contributed by atoms with Crippen LogP contribution in [-0.2, 0) is 22.7 Å². The molecule has 0 aliphatic rings. The number of rotatable bonds is 11. The summed E-state index contributed by atoms with van der Waals surface area (Å²) in [7, 11) is 0. The summed E-state index contributed by atoms with van der Waals surface area (Å²) in [5.41, 5.74) is 2.79. The van der Waals surface area contributed by atoms with Crippen LogP contribution in [0.15, 0.2) is 84.9 Å². The van der Waals surface area contributed by atoms with Crippen molar-refractivity contribution in [3.63, 3.8) is 0 Å². The van der Waals surface area contributed by atoms with E-state index in [9.17, 15) is 4.79 Å². The maximum absolute atomic E-state index is 10.9. The van der Waals surface area contributed by atoms with Crippen LogP contribution in [0.5, 0.6) is 5.75 Å². The van der Waals surface area contributed by atoms with Crippen LogP contribution in [0.3, 0.4) is 0 Å². The molecule has 3 aromatic rings. The minimum absolute atomic E-state index is 0.233. The summed E-state index contributed by atoms with van der Waals surface area (Å²) in [5.74, 6) is 0.640. The van der Waals surface area contributed by atoms with E-state index in [0.29, 0.717) is 37.7 Å². The predicted molar refractivity (Wildman–Crippen MR) is 108 cm³/mol. The zero-order valence-electron chi connectivity index (χ0n) is 15.7. The first-order chi connectivity index (χ1) is 13.8. The highest BCUT2D eigenvalue weighted by Gasteiger charge is 2.12. The molecule has 0 unspecified atom stereocenters. The molecule has 0 aliphatic carbocycles. The van der Waals surface area contributed by atoms with Gasteiger partial charge in [-0.15, -0.1) is 0 Å². The molecule has 0 saturated heterocycles. The normalized spacial score (nSPS) is 11.7. The Morgan fingerprint density at radius 3 is 2.11 bits per heavy atom. The summed E-state index contributed by atoms with van der Waals surface area (Å²) >= 11 is 0. The highest BCUT2D eigenvalue weighted by molar-refractivity contribution is 5.75. The minimum atomic E-state index is -0.233. The van der Waals surface area contributed by atoms with E-state index in [1.165, 1.54) is 0 Å². The first kappa shape index (κ1) is 19.8. The topological polar surface area (TPSA) is 44.8 Å². The van der Waals surface area contributed by atoms with Gasteiger partial charge in [0.25, 0.3) is 0 Å². The molecule has 3 aromatic carbocycles. The molecule has 144 valence electrons. The Morgan fingerprint density at radius 2 is 1.43 bits per heavy atom. The van der Waals surface area contributed by atoms with E-state index < -0.39 is 0 Å². The Hall–Kier alpha value is -2.95. The first-order valence-corrected chi connectivity index (χ1v) is 9.29. The van der Waals surface area contributed by atoms with Gasteiger partial charge in [-0.2, -0.15) is 0 Å². The van der Waals surface area contributed by atoms with E-state index in [1.54, 1.807) is 18.2 Å². The van der Waals surface area contributed by atoms with Gasteiger partial charge in [0.15, 0.2) is 0 Å². The molecule has 0 amide bonds. The Morgan fingerprint density at radius 1 is 0.750 bits per heavy atom. The SMILES string of the molecule is O=Cc1cccc(OC[C@@H](COCc2ccccc2)OCc2ccccc2)c1.